The summed E-state index contributed by atoms with van der Waals surface area (Å²) in [7, 11) is 0. The second-order valence-corrected chi connectivity index (χ2v) is 7.42. The molecule has 1 N–H and O–H groups in total. The normalized spacial score (nSPS) is 21.2. The summed E-state index contributed by atoms with van der Waals surface area (Å²) in [4.78, 5) is 37.9. The van der Waals surface area contributed by atoms with Gasteiger partial charge in [-0.05, 0) is 25.0 Å². The number of rotatable bonds is 4. The molecule has 2 aliphatic heterocycles. The molecule has 2 saturated heterocycles. The molecule has 1 aromatic heterocycles. The van der Waals surface area contributed by atoms with Crippen LogP contribution in [0, 0.1) is 5.92 Å². The van der Waals surface area contributed by atoms with E-state index < -0.39 is 0 Å². The summed E-state index contributed by atoms with van der Waals surface area (Å²) < 4.78 is 0. The number of hydrogen-bond donors (Lipinski definition) is 1. The fourth-order valence-electron chi connectivity index (χ4n) is 3.36. The van der Waals surface area contributed by atoms with E-state index >= 15 is 0 Å². The molecule has 1 unspecified atom stereocenters. The van der Waals surface area contributed by atoms with Crippen LogP contribution in [0.25, 0.3) is 0 Å². The molecule has 8 nitrogen and oxygen atoms in total. The molecule has 0 aliphatic carbocycles. The second-order valence-electron chi connectivity index (χ2n) is 7.42. The molecule has 2 fully saturated rings. The lowest BCUT2D eigenvalue weighted by Crippen LogP contribution is -2.56. The first-order valence-electron chi connectivity index (χ1n) is 9.70. The zero-order chi connectivity index (χ0) is 19.2. The van der Waals surface area contributed by atoms with Crippen LogP contribution in [-0.2, 0) is 9.63 Å². The SMILES string of the molecule is CC(C)C(=O)ON1CCCC(NC(=O)N2CCN(c3ccncc3)CC2)C1. The van der Waals surface area contributed by atoms with Gasteiger partial charge in [-0.3, -0.25) is 9.78 Å². The maximum atomic E-state index is 12.6. The van der Waals surface area contributed by atoms with Crippen LogP contribution in [0.15, 0.2) is 24.5 Å². The largest absolute Gasteiger partial charge is 0.368 e. The predicted octanol–water partition coefficient (Wildman–Crippen LogP) is 1.49. The number of piperidine rings is 1. The van der Waals surface area contributed by atoms with E-state index in [9.17, 15) is 9.59 Å². The van der Waals surface area contributed by atoms with E-state index in [1.165, 1.54) is 0 Å². The summed E-state index contributed by atoms with van der Waals surface area (Å²) in [6.07, 6.45) is 5.37. The highest BCUT2D eigenvalue weighted by Gasteiger charge is 2.27. The number of piperazine rings is 1. The standard InChI is InChI=1S/C19H29N5O3/c1-15(2)18(25)27-24-9-3-4-16(14-24)21-19(26)23-12-10-22(11-13-23)17-5-7-20-8-6-17/h5-8,15-16H,3-4,9-14H2,1-2H3,(H,21,26). The Balaban J connectivity index is 1.44. The van der Waals surface area contributed by atoms with E-state index in [1.54, 1.807) is 17.5 Å². The highest BCUT2D eigenvalue weighted by atomic mass is 16.7. The number of carbonyl (C=O) groups is 2. The van der Waals surface area contributed by atoms with Gasteiger partial charge < -0.3 is 20.0 Å². The van der Waals surface area contributed by atoms with Crippen LogP contribution < -0.4 is 10.2 Å². The molecule has 3 heterocycles. The van der Waals surface area contributed by atoms with Gasteiger partial charge in [-0.2, -0.15) is 0 Å². The Kier molecular flexibility index (Phi) is 6.49. The van der Waals surface area contributed by atoms with Crippen molar-refractivity contribution in [2.45, 2.75) is 32.7 Å². The van der Waals surface area contributed by atoms with Crippen LogP contribution in [0.2, 0.25) is 0 Å². The van der Waals surface area contributed by atoms with E-state index in [0.717, 1.165) is 38.2 Å². The summed E-state index contributed by atoms with van der Waals surface area (Å²) in [5.74, 6) is -0.383. The third-order valence-electron chi connectivity index (χ3n) is 5.00. The molecule has 2 aliphatic rings. The Labute approximate surface area is 160 Å². The summed E-state index contributed by atoms with van der Waals surface area (Å²) in [6.45, 7) is 7.88. The molecule has 0 aromatic carbocycles. The molecule has 3 rings (SSSR count). The number of anilines is 1. The number of urea groups is 1. The highest BCUT2D eigenvalue weighted by molar-refractivity contribution is 5.75. The van der Waals surface area contributed by atoms with Crippen molar-refractivity contribution in [2.75, 3.05) is 44.2 Å². The van der Waals surface area contributed by atoms with Crippen molar-refractivity contribution in [3.05, 3.63) is 24.5 Å². The van der Waals surface area contributed by atoms with Crippen molar-refractivity contribution < 1.29 is 14.4 Å². The van der Waals surface area contributed by atoms with Gasteiger partial charge in [0.05, 0.1) is 12.5 Å². The Morgan fingerprint density at radius 3 is 2.52 bits per heavy atom. The first kappa shape index (κ1) is 19.4. The van der Waals surface area contributed by atoms with Crippen LogP contribution in [-0.4, -0.2) is 72.3 Å². The molecule has 0 radical (unpaired) electrons. The molecule has 148 valence electrons. The van der Waals surface area contributed by atoms with Crippen molar-refractivity contribution in [1.82, 2.24) is 20.3 Å². The molecule has 1 aromatic rings. The van der Waals surface area contributed by atoms with Gasteiger partial charge in [0.1, 0.15) is 0 Å². The third kappa shape index (κ3) is 5.32. The number of nitrogens with zero attached hydrogens (tertiary/aromatic N) is 4. The smallest absolute Gasteiger partial charge is 0.327 e. The van der Waals surface area contributed by atoms with Gasteiger partial charge in [0.2, 0.25) is 0 Å². The van der Waals surface area contributed by atoms with Gasteiger partial charge in [0.15, 0.2) is 0 Å². The fraction of sp³-hybridized carbons (Fsp3) is 0.632. The van der Waals surface area contributed by atoms with Gasteiger partial charge >= 0.3 is 12.0 Å². The predicted molar refractivity (Wildman–Crippen MR) is 102 cm³/mol. The Morgan fingerprint density at radius 2 is 1.85 bits per heavy atom. The van der Waals surface area contributed by atoms with Gasteiger partial charge in [0.25, 0.3) is 0 Å². The number of hydrogen-bond acceptors (Lipinski definition) is 6. The molecule has 27 heavy (non-hydrogen) atoms. The van der Waals surface area contributed by atoms with Crippen LogP contribution in [0.1, 0.15) is 26.7 Å². The second kappa shape index (κ2) is 9.03. The van der Waals surface area contributed by atoms with Crippen molar-refractivity contribution in [1.29, 1.82) is 0 Å². The lowest BCUT2D eigenvalue weighted by atomic mass is 10.1. The first-order chi connectivity index (χ1) is 13.0. The lowest BCUT2D eigenvalue weighted by Gasteiger charge is -2.38. The number of carbonyl (C=O) groups excluding carboxylic acids is 2. The van der Waals surface area contributed by atoms with Crippen LogP contribution >= 0.6 is 0 Å². The van der Waals surface area contributed by atoms with Gasteiger partial charge in [-0.15, -0.1) is 5.06 Å². The van der Waals surface area contributed by atoms with Gasteiger partial charge in [-0.1, -0.05) is 13.8 Å². The third-order valence-corrected chi connectivity index (χ3v) is 5.00. The molecule has 8 heteroatoms. The maximum Gasteiger partial charge on any atom is 0.327 e. The minimum Gasteiger partial charge on any atom is -0.368 e. The Morgan fingerprint density at radius 1 is 1.15 bits per heavy atom. The topological polar surface area (TPSA) is 78.0 Å². The minimum atomic E-state index is -0.228. The number of aromatic nitrogens is 1. The first-order valence-corrected chi connectivity index (χ1v) is 9.70. The van der Waals surface area contributed by atoms with E-state index in [4.69, 9.17) is 4.84 Å². The van der Waals surface area contributed by atoms with E-state index in [1.807, 2.05) is 30.9 Å². The molecule has 0 spiro atoms. The number of amides is 2. The summed E-state index contributed by atoms with van der Waals surface area (Å²) >= 11 is 0. The zero-order valence-electron chi connectivity index (χ0n) is 16.1. The number of nitrogens with one attached hydrogen (secondary N) is 1. The number of hydroxylamine groups is 2. The molecule has 0 saturated carbocycles. The Hall–Kier alpha value is -2.35. The average Bonchev–Trinajstić information content (AvgIpc) is 2.69. The number of pyridine rings is 1. The quantitative estimate of drug-likeness (QED) is 0.859. The molecule has 0 bridgehead atoms. The van der Waals surface area contributed by atoms with Crippen molar-refractivity contribution in [3.63, 3.8) is 0 Å². The zero-order valence-corrected chi connectivity index (χ0v) is 16.1. The van der Waals surface area contributed by atoms with Crippen molar-refractivity contribution >= 4 is 17.7 Å². The van der Waals surface area contributed by atoms with E-state index in [2.05, 4.69) is 15.2 Å². The molecular weight excluding hydrogens is 346 g/mol. The monoisotopic (exact) mass is 375 g/mol. The van der Waals surface area contributed by atoms with Crippen molar-refractivity contribution in [2.24, 2.45) is 5.92 Å². The van der Waals surface area contributed by atoms with E-state index in [-0.39, 0.29) is 24.0 Å². The van der Waals surface area contributed by atoms with Crippen LogP contribution in [0.5, 0.6) is 0 Å². The summed E-state index contributed by atoms with van der Waals surface area (Å²) in [5, 5.41) is 4.78. The van der Waals surface area contributed by atoms with Crippen molar-refractivity contribution in [3.8, 4) is 0 Å². The molecular formula is C19H29N5O3. The van der Waals surface area contributed by atoms with Gasteiger partial charge in [-0.25, -0.2) is 4.79 Å². The average molecular weight is 375 g/mol. The minimum absolute atomic E-state index is 0.00411. The molecule has 2 amide bonds. The van der Waals surface area contributed by atoms with Gasteiger partial charge in [0, 0.05) is 56.8 Å². The Bertz CT molecular complexity index is 631. The lowest BCUT2D eigenvalue weighted by molar-refractivity contribution is -0.199. The summed E-state index contributed by atoms with van der Waals surface area (Å²) in [6, 6.07) is 3.95. The van der Waals surface area contributed by atoms with Crippen LogP contribution in [0.4, 0.5) is 10.5 Å². The van der Waals surface area contributed by atoms with E-state index in [0.29, 0.717) is 19.6 Å². The molecule has 1 atom stereocenters. The van der Waals surface area contributed by atoms with Crippen LogP contribution in [0.3, 0.4) is 0 Å². The maximum absolute atomic E-state index is 12.6. The highest BCUT2D eigenvalue weighted by Crippen LogP contribution is 2.16. The summed E-state index contributed by atoms with van der Waals surface area (Å²) in [5.41, 5.74) is 1.14. The fourth-order valence-corrected chi connectivity index (χ4v) is 3.36.